The van der Waals surface area contributed by atoms with Crippen LogP contribution >= 0.6 is 31.9 Å². The van der Waals surface area contributed by atoms with Crippen LogP contribution in [0.15, 0.2) is 8.95 Å². The normalized spacial score (nSPS) is 34.1. The van der Waals surface area contributed by atoms with Crippen molar-refractivity contribution in [2.45, 2.75) is 77.7 Å². The highest BCUT2D eigenvalue weighted by Gasteiger charge is 2.70. The molecule has 1 N–H and O–H groups in total. The average Bonchev–Trinajstić information content (AvgIpc) is 2.90. The van der Waals surface area contributed by atoms with E-state index in [4.69, 9.17) is 4.74 Å². The van der Waals surface area contributed by atoms with Gasteiger partial charge in [0.25, 0.3) is 0 Å². The molecule has 4 unspecified atom stereocenters. The summed E-state index contributed by atoms with van der Waals surface area (Å²) >= 11 is 7.54. The van der Waals surface area contributed by atoms with E-state index in [1.54, 1.807) is 0 Å². The van der Waals surface area contributed by atoms with E-state index in [2.05, 4.69) is 59.6 Å². The summed E-state index contributed by atoms with van der Waals surface area (Å²) in [6.45, 7) is 9.24. The van der Waals surface area contributed by atoms with E-state index in [0.717, 1.165) is 45.1 Å². The van der Waals surface area contributed by atoms with Crippen molar-refractivity contribution in [3.63, 3.8) is 0 Å². The van der Waals surface area contributed by atoms with E-state index in [-0.39, 0.29) is 11.0 Å². The number of benzene rings is 1. The number of hydrogen-bond acceptors (Lipinski definition) is 2. The van der Waals surface area contributed by atoms with Crippen LogP contribution in [0.1, 0.15) is 76.8 Å². The largest absolute Gasteiger partial charge is 0.506 e. The lowest BCUT2D eigenvalue weighted by Gasteiger charge is -2.62. The van der Waals surface area contributed by atoms with Gasteiger partial charge in [0, 0.05) is 17.4 Å². The van der Waals surface area contributed by atoms with Crippen molar-refractivity contribution in [1.29, 1.82) is 0 Å². The maximum absolute atomic E-state index is 11.1. The zero-order valence-corrected chi connectivity index (χ0v) is 18.8. The van der Waals surface area contributed by atoms with Crippen molar-refractivity contribution in [3.8, 4) is 11.5 Å². The molecular formula is C21H28Br2O2. The lowest BCUT2D eigenvalue weighted by molar-refractivity contribution is -0.121. The predicted octanol–water partition coefficient (Wildman–Crippen LogP) is 6.95. The Labute approximate surface area is 168 Å². The molecule has 0 spiro atoms. The first kappa shape index (κ1) is 18.2. The van der Waals surface area contributed by atoms with Gasteiger partial charge in [0.15, 0.2) is 0 Å². The number of aromatic hydroxyl groups is 1. The standard InChI is InChI=1S/C21H28Br2O2/c1-5-6-7-8-11-16(22)18(24)13-15-14-12(20(15,2)3)9-10-21(14,4)25-19(13)17(11)23/h12,14-15,24H,5-10H2,1-4H3. The SMILES string of the molecule is CCCCCc1c(Br)c(O)c2c(c1Br)OC1(C)CCC3C1C2C3(C)C. The molecular weight excluding hydrogens is 444 g/mol. The van der Waals surface area contributed by atoms with E-state index in [1.807, 2.05) is 0 Å². The van der Waals surface area contributed by atoms with Crippen molar-refractivity contribution >= 4 is 31.9 Å². The van der Waals surface area contributed by atoms with E-state index in [9.17, 15) is 5.11 Å². The van der Waals surface area contributed by atoms with Crippen LogP contribution in [0.5, 0.6) is 11.5 Å². The van der Waals surface area contributed by atoms with E-state index >= 15 is 0 Å². The summed E-state index contributed by atoms with van der Waals surface area (Å²) in [6, 6.07) is 0. The lowest BCUT2D eigenvalue weighted by Crippen LogP contribution is -2.59. The van der Waals surface area contributed by atoms with Crippen molar-refractivity contribution < 1.29 is 9.84 Å². The van der Waals surface area contributed by atoms with Crippen molar-refractivity contribution in [3.05, 3.63) is 20.1 Å². The smallest absolute Gasteiger partial charge is 0.141 e. The number of rotatable bonds is 4. The molecule has 2 nitrogen and oxygen atoms in total. The first-order valence-electron chi connectivity index (χ1n) is 9.65. The molecule has 0 aromatic heterocycles. The minimum atomic E-state index is -0.0820. The lowest BCUT2D eigenvalue weighted by atomic mass is 9.45. The van der Waals surface area contributed by atoms with Crippen LogP contribution in [0.25, 0.3) is 0 Å². The maximum Gasteiger partial charge on any atom is 0.141 e. The third-order valence-electron chi connectivity index (χ3n) is 7.32. The van der Waals surface area contributed by atoms with Crippen LogP contribution in [0.2, 0.25) is 0 Å². The van der Waals surface area contributed by atoms with Gasteiger partial charge in [-0.25, -0.2) is 0 Å². The second kappa shape index (κ2) is 5.89. The van der Waals surface area contributed by atoms with Gasteiger partial charge < -0.3 is 9.84 Å². The molecule has 1 aliphatic heterocycles. The second-order valence-corrected chi connectivity index (χ2v) is 10.6. The number of unbranched alkanes of at least 4 members (excludes halogenated alkanes) is 2. The van der Waals surface area contributed by atoms with Crippen LogP contribution in [-0.2, 0) is 6.42 Å². The number of phenolic OH excluding ortho intramolecular Hbond substituents is 1. The van der Waals surface area contributed by atoms with Gasteiger partial charge in [0.1, 0.15) is 17.1 Å². The summed E-state index contributed by atoms with van der Waals surface area (Å²) in [5.41, 5.74) is 2.32. The highest BCUT2D eigenvalue weighted by molar-refractivity contribution is 9.11. The quantitative estimate of drug-likeness (QED) is 0.481. The minimum Gasteiger partial charge on any atom is -0.506 e. The molecule has 25 heavy (non-hydrogen) atoms. The van der Waals surface area contributed by atoms with Gasteiger partial charge in [-0.05, 0) is 81.4 Å². The Balaban J connectivity index is 1.85. The number of ether oxygens (including phenoxy) is 1. The fourth-order valence-electron chi connectivity index (χ4n) is 5.99. The molecule has 4 rings (SSSR count). The Morgan fingerprint density at radius 3 is 2.56 bits per heavy atom. The second-order valence-electron chi connectivity index (χ2n) is 9.04. The van der Waals surface area contributed by atoms with E-state index in [0.29, 0.717) is 23.5 Å². The summed E-state index contributed by atoms with van der Waals surface area (Å²) in [7, 11) is 0. The van der Waals surface area contributed by atoms with Crippen LogP contribution < -0.4 is 4.74 Å². The average molecular weight is 472 g/mol. The van der Waals surface area contributed by atoms with Crippen LogP contribution in [0.3, 0.4) is 0 Å². The van der Waals surface area contributed by atoms with Crippen LogP contribution in [0, 0.1) is 17.3 Å². The highest BCUT2D eigenvalue weighted by Crippen LogP contribution is 2.75. The molecule has 1 aromatic carbocycles. The summed E-state index contributed by atoms with van der Waals surface area (Å²) in [5, 5.41) is 11.1. The van der Waals surface area contributed by atoms with E-state index in [1.165, 1.54) is 19.3 Å². The third kappa shape index (κ3) is 2.32. The third-order valence-corrected chi connectivity index (χ3v) is 9.01. The Hall–Kier alpha value is -0.220. The molecule has 4 heteroatoms. The number of halogens is 2. The van der Waals surface area contributed by atoms with Gasteiger partial charge >= 0.3 is 0 Å². The number of fused-ring (bicyclic) bond motifs is 2. The molecule has 1 aromatic rings. The molecule has 0 radical (unpaired) electrons. The van der Waals surface area contributed by atoms with Crippen molar-refractivity contribution in [1.82, 2.24) is 0 Å². The molecule has 0 saturated heterocycles. The summed E-state index contributed by atoms with van der Waals surface area (Å²) < 4.78 is 8.53. The van der Waals surface area contributed by atoms with Crippen molar-refractivity contribution in [2.24, 2.45) is 17.3 Å². The molecule has 4 atom stereocenters. The van der Waals surface area contributed by atoms with Gasteiger partial charge in [-0.3, -0.25) is 0 Å². The van der Waals surface area contributed by atoms with Gasteiger partial charge in [0.05, 0.1) is 8.95 Å². The van der Waals surface area contributed by atoms with Crippen molar-refractivity contribution in [2.75, 3.05) is 0 Å². The Bertz CT molecular complexity index is 727. The Morgan fingerprint density at radius 1 is 1.16 bits per heavy atom. The van der Waals surface area contributed by atoms with Gasteiger partial charge in [-0.2, -0.15) is 0 Å². The molecule has 2 fully saturated rings. The molecule has 0 amide bonds. The molecule has 2 aliphatic carbocycles. The molecule has 138 valence electrons. The molecule has 0 bridgehead atoms. The minimum absolute atomic E-state index is 0.0820. The highest BCUT2D eigenvalue weighted by atomic mass is 79.9. The Morgan fingerprint density at radius 2 is 1.88 bits per heavy atom. The number of hydrogen-bond donors (Lipinski definition) is 1. The molecule has 1 heterocycles. The fraction of sp³-hybridized carbons (Fsp3) is 0.714. The predicted molar refractivity (Wildman–Crippen MR) is 109 cm³/mol. The van der Waals surface area contributed by atoms with Gasteiger partial charge in [0.2, 0.25) is 0 Å². The Kier molecular flexibility index (Phi) is 4.28. The summed E-state index contributed by atoms with van der Waals surface area (Å²) in [4.78, 5) is 0. The van der Waals surface area contributed by atoms with Crippen LogP contribution in [0.4, 0.5) is 0 Å². The summed E-state index contributed by atoms with van der Waals surface area (Å²) in [5.74, 6) is 2.94. The topological polar surface area (TPSA) is 29.5 Å². The zero-order chi connectivity index (χ0) is 18.1. The maximum atomic E-state index is 11.1. The first-order chi connectivity index (χ1) is 11.7. The molecule has 3 aliphatic rings. The first-order valence-corrected chi connectivity index (χ1v) is 11.2. The number of phenols is 1. The van der Waals surface area contributed by atoms with Gasteiger partial charge in [-0.15, -0.1) is 0 Å². The molecule has 2 saturated carbocycles. The fourth-order valence-corrected chi connectivity index (χ4v) is 7.56. The summed E-state index contributed by atoms with van der Waals surface area (Å²) in [6.07, 6.45) is 6.84. The monoisotopic (exact) mass is 470 g/mol. The van der Waals surface area contributed by atoms with E-state index < -0.39 is 0 Å². The van der Waals surface area contributed by atoms with Gasteiger partial charge in [-0.1, -0.05) is 33.6 Å². The van der Waals surface area contributed by atoms with Crippen LogP contribution in [-0.4, -0.2) is 10.7 Å². The zero-order valence-electron chi connectivity index (χ0n) is 15.6.